The third-order valence-electron chi connectivity index (χ3n) is 2.85. The lowest BCUT2D eigenvalue weighted by Gasteiger charge is -2.04. The van der Waals surface area contributed by atoms with E-state index in [1.807, 2.05) is 66.5 Å². The molecule has 20 heavy (non-hydrogen) atoms. The van der Waals surface area contributed by atoms with Gasteiger partial charge in [0.15, 0.2) is 12.4 Å². The van der Waals surface area contributed by atoms with E-state index in [2.05, 4.69) is 9.97 Å². The van der Waals surface area contributed by atoms with Crippen molar-refractivity contribution in [3.8, 4) is 22.9 Å². The summed E-state index contributed by atoms with van der Waals surface area (Å²) < 4.78 is 7.56. The van der Waals surface area contributed by atoms with Gasteiger partial charge in [0.2, 0.25) is 0 Å². The molecule has 2 aromatic heterocycles. The topological polar surface area (TPSA) is 38.9 Å². The minimum Gasteiger partial charge on any atom is -0.424 e. The van der Waals surface area contributed by atoms with Gasteiger partial charge < -0.3 is 4.74 Å². The van der Waals surface area contributed by atoms with Crippen LogP contribution in [0.25, 0.3) is 11.1 Å². The summed E-state index contributed by atoms with van der Waals surface area (Å²) in [6.07, 6.45) is 7.54. The van der Waals surface area contributed by atoms with E-state index in [1.54, 1.807) is 12.4 Å². The summed E-state index contributed by atoms with van der Waals surface area (Å²) in [5.74, 6) is 0.728. The molecule has 0 radical (unpaired) electrons. The molecule has 0 saturated heterocycles. The predicted molar refractivity (Wildman–Crippen MR) is 75.2 cm³/mol. The molecule has 0 saturated carbocycles. The highest BCUT2D eigenvalue weighted by molar-refractivity contribution is 5.59. The molecular weight excluding hydrogens is 250 g/mol. The molecule has 0 aliphatic heterocycles. The van der Waals surface area contributed by atoms with Crippen molar-refractivity contribution in [3.63, 3.8) is 0 Å². The van der Waals surface area contributed by atoms with Crippen LogP contribution in [0.1, 0.15) is 0 Å². The number of rotatable bonds is 3. The van der Waals surface area contributed by atoms with Crippen LogP contribution < -0.4 is 9.30 Å². The predicted octanol–water partition coefficient (Wildman–Crippen LogP) is 2.76. The van der Waals surface area contributed by atoms with E-state index in [0.717, 1.165) is 16.9 Å². The Hall–Kier alpha value is -2.75. The van der Waals surface area contributed by atoms with Crippen LogP contribution in [0.15, 0.2) is 67.3 Å². The molecule has 0 aliphatic rings. The first-order valence-electron chi connectivity index (χ1n) is 6.32. The fourth-order valence-electron chi connectivity index (χ4n) is 1.87. The van der Waals surface area contributed by atoms with Gasteiger partial charge in [0.1, 0.15) is 12.8 Å². The van der Waals surface area contributed by atoms with E-state index in [4.69, 9.17) is 4.74 Å². The third kappa shape index (κ3) is 2.80. The highest BCUT2D eigenvalue weighted by Crippen LogP contribution is 2.19. The summed E-state index contributed by atoms with van der Waals surface area (Å²) in [6, 6.07) is 13.9. The van der Waals surface area contributed by atoms with Crippen LogP contribution in [0.2, 0.25) is 0 Å². The Morgan fingerprint density at radius 3 is 2.35 bits per heavy atom. The van der Waals surface area contributed by atoms with Crippen molar-refractivity contribution in [2.75, 3.05) is 0 Å². The van der Waals surface area contributed by atoms with Crippen molar-refractivity contribution in [2.45, 2.75) is 0 Å². The summed E-state index contributed by atoms with van der Waals surface area (Å²) in [7, 11) is 1.98. The second-order valence-electron chi connectivity index (χ2n) is 4.43. The standard InChI is InChI=1S/C16H14N3O/c1-19-9-5-6-13(12-19)14-10-17-16(18-11-14)20-15-7-3-2-4-8-15/h2-12H,1H3/q+1. The second kappa shape index (κ2) is 5.48. The zero-order chi connectivity index (χ0) is 13.8. The lowest BCUT2D eigenvalue weighted by molar-refractivity contribution is -0.671. The zero-order valence-corrected chi connectivity index (χ0v) is 11.1. The summed E-state index contributed by atoms with van der Waals surface area (Å²) >= 11 is 0. The molecule has 1 aromatic carbocycles. The number of hydrogen-bond acceptors (Lipinski definition) is 3. The maximum Gasteiger partial charge on any atom is 0.321 e. The molecule has 0 amide bonds. The number of nitrogens with zero attached hydrogens (tertiary/aromatic N) is 3. The van der Waals surface area contributed by atoms with Crippen molar-refractivity contribution in [2.24, 2.45) is 7.05 Å². The van der Waals surface area contributed by atoms with Crippen LogP contribution in [0.3, 0.4) is 0 Å². The second-order valence-corrected chi connectivity index (χ2v) is 4.43. The minimum atomic E-state index is 0.347. The summed E-state index contributed by atoms with van der Waals surface area (Å²) in [6.45, 7) is 0. The highest BCUT2D eigenvalue weighted by atomic mass is 16.5. The van der Waals surface area contributed by atoms with Crippen molar-refractivity contribution in [1.82, 2.24) is 9.97 Å². The minimum absolute atomic E-state index is 0.347. The molecule has 0 bridgehead atoms. The van der Waals surface area contributed by atoms with Crippen molar-refractivity contribution < 1.29 is 9.30 Å². The van der Waals surface area contributed by atoms with E-state index in [-0.39, 0.29) is 0 Å². The molecule has 0 unspecified atom stereocenters. The monoisotopic (exact) mass is 264 g/mol. The van der Waals surface area contributed by atoms with Gasteiger partial charge in [-0.1, -0.05) is 18.2 Å². The normalized spacial score (nSPS) is 10.2. The molecule has 4 heteroatoms. The average molecular weight is 264 g/mol. The van der Waals surface area contributed by atoms with Crippen LogP contribution in [0.5, 0.6) is 11.8 Å². The van der Waals surface area contributed by atoms with Gasteiger partial charge in [-0.3, -0.25) is 0 Å². The number of pyridine rings is 1. The zero-order valence-electron chi connectivity index (χ0n) is 11.1. The van der Waals surface area contributed by atoms with Gasteiger partial charge in [0, 0.05) is 29.6 Å². The van der Waals surface area contributed by atoms with E-state index in [9.17, 15) is 0 Å². The quantitative estimate of drug-likeness (QED) is 0.683. The van der Waals surface area contributed by atoms with Crippen LogP contribution in [-0.2, 0) is 7.05 Å². The maximum absolute atomic E-state index is 5.57. The largest absolute Gasteiger partial charge is 0.424 e. The SMILES string of the molecule is C[n+]1cccc(-c2cnc(Oc3ccccc3)nc2)c1. The van der Waals surface area contributed by atoms with Crippen molar-refractivity contribution in [1.29, 1.82) is 0 Å². The van der Waals surface area contributed by atoms with Crippen LogP contribution in [0, 0.1) is 0 Å². The summed E-state index contributed by atoms with van der Waals surface area (Å²) in [5, 5.41) is 0. The lowest BCUT2D eigenvalue weighted by Crippen LogP contribution is -2.26. The Morgan fingerprint density at radius 2 is 1.65 bits per heavy atom. The molecule has 0 atom stereocenters. The molecule has 0 aliphatic carbocycles. The summed E-state index contributed by atoms with van der Waals surface area (Å²) in [4.78, 5) is 8.47. The van der Waals surface area contributed by atoms with Crippen LogP contribution in [-0.4, -0.2) is 9.97 Å². The number of ether oxygens (including phenoxy) is 1. The van der Waals surface area contributed by atoms with Gasteiger partial charge in [-0.05, 0) is 18.2 Å². The van der Waals surface area contributed by atoms with Crippen molar-refractivity contribution >= 4 is 0 Å². The van der Waals surface area contributed by atoms with E-state index in [0.29, 0.717) is 6.01 Å². The molecule has 4 nitrogen and oxygen atoms in total. The smallest absolute Gasteiger partial charge is 0.321 e. The molecule has 2 heterocycles. The first-order valence-corrected chi connectivity index (χ1v) is 6.32. The Kier molecular flexibility index (Phi) is 3.37. The number of para-hydroxylation sites is 1. The number of aryl methyl sites for hydroxylation is 1. The van der Waals surface area contributed by atoms with E-state index < -0.39 is 0 Å². The third-order valence-corrected chi connectivity index (χ3v) is 2.85. The van der Waals surface area contributed by atoms with Gasteiger partial charge in [-0.2, -0.15) is 0 Å². The molecule has 3 rings (SSSR count). The number of benzene rings is 1. The van der Waals surface area contributed by atoms with Crippen LogP contribution in [0.4, 0.5) is 0 Å². The average Bonchev–Trinajstić information content (AvgIpc) is 2.49. The van der Waals surface area contributed by atoms with Crippen molar-refractivity contribution in [3.05, 3.63) is 67.3 Å². The molecule has 0 fully saturated rings. The first-order chi connectivity index (χ1) is 9.81. The Balaban J connectivity index is 1.81. The Bertz CT molecular complexity index is 696. The summed E-state index contributed by atoms with van der Waals surface area (Å²) in [5.41, 5.74) is 2.03. The molecule has 98 valence electrons. The Morgan fingerprint density at radius 1 is 0.900 bits per heavy atom. The molecular formula is C16H14N3O+. The van der Waals surface area contributed by atoms with Crippen LogP contribution >= 0.6 is 0 Å². The first kappa shape index (κ1) is 12.3. The maximum atomic E-state index is 5.57. The number of hydrogen-bond donors (Lipinski definition) is 0. The van der Waals surface area contributed by atoms with Gasteiger partial charge in [0.25, 0.3) is 0 Å². The fraction of sp³-hybridized carbons (Fsp3) is 0.0625. The van der Waals surface area contributed by atoms with E-state index >= 15 is 0 Å². The fourth-order valence-corrected chi connectivity index (χ4v) is 1.87. The van der Waals surface area contributed by atoms with Gasteiger partial charge >= 0.3 is 6.01 Å². The Labute approximate surface area is 117 Å². The number of aromatic nitrogens is 3. The molecule has 0 N–H and O–H groups in total. The van der Waals surface area contributed by atoms with E-state index in [1.165, 1.54) is 0 Å². The van der Waals surface area contributed by atoms with Gasteiger partial charge in [0.05, 0.1) is 0 Å². The highest BCUT2D eigenvalue weighted by Gasteiger charge is 2.05. The van der Waals surface area contributed by atoms with Gasteiger partial charge in [-0.25, -0.2) is 14.5 Å². The molecule has 3 aromatic rings. The molecule has 0 spiro atoms. The van der Waals surface area contributed by atoms with Gasteiger partial charge in [-0.15, -0.1) is 0 Å². The lowest BCUT2D eigenvalue weighted by atomic mass is 10.1.